The molecular weight excluding hydrogens is 324 g/mol. The molecule has 1 heterocycles. The highest BCUT2D eigenvalue weighted by atomic mass is 16.5. The summed E-state index contributed by atoms with van der Waals surface area (Å²) in [5.74, 6) is 1.09. The van der Waals surface area contributed by atoms with Crippen LogP contribution in [0.25, 0.3) is 0 Å². The number of rotatable bonds is 7. The predicted octanol–water partition coefficient (Wildman–Crippen LogP) is 3.93. The van der Waals surface area contributed by atoms with Crippen molar-refractivity contribution in [2.24, 2.45) is 0 Å². The number of nitrogens with one attached hydrogen (secondary N) is 1. The Morgan fingerprint density at radius 1 is 1.12 bits per heavy atom. The molecule has 1 N–H and O–H groups in total. The fraction of sp³-hybridized carbons (Fsp3) is 0.682. The lowest BCUT2D eigenvalue weighted by Gasteiger charge is -2.26. The first-order valence-corrected chi connectivity index (χ1v) is 10.4. The maximum Gasteiger partial charge on any atom is 0.220 e. The molecule has 1 amide bonds. The van der Waals surface area contributed by atoms with E-state index in [1.165, 1.54) is 44.1 Å². The highest BCUT2D eigenvalue weighted by Gasteiger charge is 2.29. The molecule has 4 nitrogen and oxygen atoms in total. The van der Waals surface area contributed by atoms with Crippen LogP contribution in [0.4, 0.5) is 0 Å². The SMILES string of the molecule is COc1ccc(CCCC(=O)NC2CCN(C3CCCCCC3)C2)cc1. The summed E-state index contributed by atoms with van der Waals surface area (Å²) in [6, 6.07) is 9.24. The van der Waals surface area contributed by atoms with Gasteiger partial charge in [0.15, 0.2) is 0 Å². The van der Waals surface area contributed by atoms with E-state index in [2.05, 4.69) is 22.3 Å². The highest BCUT2D eigenvalue weighted by Crippen LogP contribution is 2.25. The maximum absolute atomic E-state index is 12.3. The Labute approximate surface area is 158 Å². The van der Waals surface area contributed by atoms with Gasteiger partial charge in [-0.25, -0.2) is 0 Å². The highest BCUT2D eigenvalue weighted by molar-refractivity contribution is 5.76. The van der Waals surface area contributed by atoms with Crippen molar-refractivity contribution in [1.82, 2.24) is 10.2 Å². The van der Waals surface area contributed by atoms with E-state index < -0.39 is 0 Å². The van der Waals surface area contributed by atoms with E-state index in [-0.39, 0.29) is 5.91 Å². The second kappa shape index (κ2) is 9.96. The lowest BCUT2D eigenvalue weighted by molar-refractivity contribution is -0.121. The summed E-state index contributed by atoms with van der Waals surface area (Å²) in [5, 5.41) is 3.27. The molecule has 0 radical (unpaired) electrons. The van der Waals surface area contributed by atoms with Gasteiger partial charge in [0.2, 0.25) is 5.91 Å². The van der Waals surface area contributed by atoms with Crippen molar-refractivity contribution in [3.63, 3.8) is 0 Å². The summed E-state index contributed by atoms with van der Waals surface area (Å²) < 4.78 is 5.18. The van der Waals surface area contributed by atoms with Crippen molar-refractivity contribution in [3.8, 4) is 5.75 Å². The van der Waals surface area contributed by atoms with Crippen LogP contribution in [0.1, 0.15) is 63.4 Å². The first-order valence-electron chi connectivity index (χ1n) is 10.4. The zero-order chi connectivity index (χ0) is 18.2. The van der Waals surface area contributed by atoms with Crippen LogP contribution in [0.5, 0.6) is 5.75 Å². The number of methoxy groups -OCH3 is 1. The first-order chi connectivity index (χ1) is 12.7. The van der Waals surface area contributed by atoms with E-state index in [4.69, 9.17) is 4.74 Å². The summed E-state index contributed by atoms with van der Waals surface area (Å²) in [4.78, 5) is 14.9. The maximum atomic E-state index is 12.3. The van der Waals surface area contributed by atoms with Gasteiger partial charge in [-0.3, -0.25) is 9.69 Å². The van der Waals surface area contributed by atoms with Gasteiger partial charge in [0.1, 0.15) is 5.75 Å². The molecule has 1 aliphatic carbocycles. The van der Waals surface area contributed by atoms with Crippen molar-refractivity contribution in [2.75, 3.05) is 20.2 Å². The van der Waals surface area contributed by atoms with Crippen LogP contribution in [-0.2, 0) is 11.2 Å². The summed E-state index contributed by atoms with van der Waals surface area (Å²) in [6.07, 6.45) is 11.8. The van der Waals surface area contributed by atoms with Crippen LogP contribution >= 0.6 is 0 Å². The lowest BCUT2D eigenvalue weighted by atomic mass is 10.1. The number of hydrogen-bond acceptors (Lipinski definition) is 3. The third-order valence-corrected chi connectivity index (χ3v) is 5.95. The molecule has 1 aromatic rings. The smallest absolute Gasteiger partial charge is 0.220 e. The van der Waals surface area contributed by atoms with Gasteiger partial charge in [0, 0.05) is 31.6 Å². The van der Waals surface area contributed by atoms with Gasteiger partial charge in [0.25, 0.3) is 0 Å². The third kappa shape index (κ3) is 5.73. The standard InChI is InChI=1S/C22H34N2O2/c1-26-21-13-11-18(12-14-21)7-6-10-22(25)23-19-15-16-24(17-19)20-8-4-2-3-5-9-20/h11-14,19-20H,2-10,15-17H2,1H3,(H,23,25). The molecule has 1 unspecified atom stereocenters. The van der Waals surface area contributed by atoms with E-state index in [1.54, 1.807) is 7.11 Å². The number of carbonyl (C=O) groups is 1. The number of nitrogens with zero attached hydrogens (tertiary/aromatic N) is 1. The van der Waals surface area contributed by atoms with Gasteiger partial charge in [-0.2, -0.15) is 0 Å². The van der Waals surface area contributed by atoms with E-state index in [0.29, 0.717) is 12.5 Å². The zero-order valence-electron chi connectivity index (χ0n) is 16.2. The molecule has 0 aromatic heterocycles. The van der Waals surface area contributed by atoms with Crippen molar-refractivity contribution in [1.29, 1.82) is 0 Å². The molecule has 0 spiro atoms. The molecule has 1 atom stereocenters. The van der Waals surface area contributed by atoms with E-state index in [0.717, 1.165) is 44.1 Å². The van der Waals surface area contributed by atoms with Crippen LogP contribution in [0.2, 0.25) is 0 Å². The second-order valence-electron chi connectivity index (χ2n) is 7.90. The third-order valence-electron chi connectivity index (χ3n) is 5.95. The number of ether oxygens (including phenoxy) is 1. The zero-order valence-corrected chi connectivity index (χ0v) is 16.2. The van der Waals surface area contributed by atoms with E-state index in [1.807, 2.05) is 12.1 Å². The molecule has 4 heteroatoms. The molecule has 2 aliphatic rings. The molecule has 1 saturated carbocycles. The van der Waals surface area contributed by atoms with Crippen LogP contribution in [-0.4, -0.2) is 43.1 Å². The molecule has 26 heavy (non-hydrogen) atoms. The van der Waals surface area contributed by atoms with E-state index >= 15 is 0 Å². The summed E-state index contributed by atoms with van der Waals surface area (Å²) in [7, 11) is 1.68. The number of amides is 1. The van der Waals surface area contributed by atoms with Crippen molar-refractivity contribution in [3.05, 3.63) is 29.8 Å². The average molecular weight is 359 g/mol. The van der Waals surface area contributed by atoms with E-state index in [9.17, 15) is 4.79 Å². The minimum Gasteiger partial charge on any atom is -0.497 e. The molecule has 0 bridgehead atoms. The number of benzene rings is 1. The monoisotopic (exact) mass is 358 g/mol. The summed E-state index contributed by atoms with van der Waals surface area (Å²) >= 11 is 0. The van der Waals surface area contributed by atoms with Crippen LogP contribution in [0.3, 0.4) is 0 Å². The summed E-state index contributed by atoms with van der Waals surface area (Å²) in [5.41, 5.74) is 1.26. The Balaban J connectivity index is 1.34. The fourth-order valence-corrected chi connectivity index (χ4v) is 4.40. The number of carbonyl (C=O) groups excluding carboxylic acids is 1. The predicted molar refractivity (Wildman–Crippen MR) is 106 cm³/mol. The van der Waals surface area contributed by atoms with Crippen molar-refractivity contribution in [2.45, 2.75) is 76.3 Å². The molecule has 2 fully saturated rings. The lowest BCUT2D eigenvalue weighted by Crippen LogP contribution is -2.39. The molecule has 1 aromatic carbocycles. The van der Waals surface area contributed by atoms with Gasteiger partial charge in [-0.15, -0.1) is 0 Å². The quantitative estimate of drug-likeness (QED) is 0.751. The Morgan fingerprint density at radius 3 is 2.54 bits per heavy atom. The van der Waals surface area contributed by atoms with Crippen LogP contribution in [0.15, 0.2) is 24.3 Å². The average Bonchev–Trinajstić information content (AvgIpc) is 2.94. The molecule has 3 rings (SSSR count). The van der Waals surface area contributed by atoms with Gasteiger partial charge in [-0.05, 0) is 49.8 Å². The Bertz CT molecular complexity index is 550. The summed E-state index contributed by atoms with van der Waals surface area (Å²) in [6.45, 7) is 2.20. The van der Waals surface area contributed by atoms with Gasteiger partial charge >= 0.3 is 0 Å². The van der Waals surface area contributed by atoms with Gasteiger partial charge in [0.05, 0.1) is 7.11 Å². The largest absolute Gasteiger partial charge is 0.497 e. The van der Waals surface area contributed by atoms with Gasteiger partial charge < -0.3 is 10.1 Å². The second-order valence-corrected chi connectivity index (χ2v) is 7.90. The minimum atomic E-state index is 0.214. The van der Waals surface area contributed by atoms with Gasteiger partial charge in [-0.1, -0.05) is 37.8 Å². The fourth-order valence-electron chi connectivity index (χ4n) is 4.40. The number of hydrogen-bond donors (Lipinski definition) is 1. The molecule has 144 valence electrons. The Morgan fingerprint density at radius 2 is 1.85 bits per heavy atom. The topological polar surface area (TPSA) is 41.6 Å². The Hall–Kier alpha value is -1.55. The number of aryl methyl sites for hydroxylation is 1. The van der Waals surface area contributed by atoms with Crippen molar-refractivity contribution >= 4 is 5.91 Å². The molecule has 1 aliphatic heterocycles. The van der Waals surface area contributed by atoms with Crippen LogP contribution in [0, 0.1) is 0 Å². The normalized spacial score (nSPS) is 22.1. The number of likely N-dealkylation sites (tertiary alicyclic amines) is 1. The first kappa shape index (κ1) is 19.2. The van der Waals surface area contributed by atoms with Crippen LogP contribution < -0.4 is 10.1 Å². The Kier molecular flexibility index (Phi) is 7.36. The molecule has 1 saturated heterocycles. The molecular formula is C22H34N2O2. The van der Waals surface area contributed by atoms with Crippen molar-refractivity contribution < 1.29 is 9.53 Å². The minimum absolute atomic E-state index is 0.214.